The molecule has 1 fully saturated rings. The molecule has 0 spiro atoms. The molecule has 1 aliphatic heterocycles. The number of rotatable bonds is 5. The van der Waals surface area contributed by atoms with Crippen LogP contribution in [0.4, 0.5) is 18.9 Å². The van der Waals surface area contributed by atoms with Gasteiger partial charge in [-0.15, -0.1) is 0 Å². The largest absolute Gasteiger partial charge is 0.389 e. The second kappa shape index (κ2) is 6.47. The number of amides is 1. The highest BCUT2D eigenvalue weighted by molar-refractivity contribution is 5.92. The molecule has 3 nitrogen and oxygen atoms in total. The maximum Gasteiger partial charge on any atom is 0.389 e. The Bertz CT molecular complexity index is 481. The molecule has 1 saturated heterocycles. The van der Waals surface area contributed by atoms with Gasteiger partial charge < -0.3 is 10.6 Å². The molecule has 1 atom stereocenters. The van der Waals surface area contributed by atoms with Gasteiger partial charge in [-0.05, 0) is 43.1 Å². The zero-order valence-corrected chi connectivity index (χ0v) is 11.8. The van der Waals surface area contributed by atoms with Crippen LogP contribution in [0.2, 0.25) is 0 Å². The molecule has 1 aliphatic rings. The van der Waals surface area contributed by atoms with Gasteiger partial charge in [-0.25, -0.2) is 0 Å². The zero-order valence-electron chi connectivity index (χ0n) is 11.8. The summed E-state index contributed by atoms with van der Waals surface area (Å²) in [5, 5.41) is 5.92. The third kappa shape index (κ3) is 4.74. The quantitative estimate of drug-likeness (QED) is 0.878. The van der Waals surface area contributed by atoms with E-state index in [1.807, 2.05) is 6.92 Å². The Hall–Kier alpha value is -1.56. The third-order valence-corrected chi connectivity index (χ3v) is 3.85. The van der Waals surface area contributed by atoms with Crippen molar-refractivity contribution < 1.29 is 18.0 Å². The van der Waals surface area contributed by atoms with E-state index in [-0.39, 0.29) is 18.2 Å². The summed E-state index contributed by atoms with van der Waals surface area (Å²) in [4.78, 5) is 12.0. The van der Waals surface area contributed by atoms with Crippen LogP contribution in [0.5, 0.6) is 0 Å². The molecule has 0 bridgehead atoms. The Morgan fingerprint density at radius 1 is 1.33 bits per heavy atom. The monoisotopic (exact) mass is 300 g/mol. The number of halogens is 3. The van der Waals surface area contributed by atoms with Crippen molar-refractivity contribution in [3.63, 3.8) is 0 Å². The lowest BCUT2D eigenvalue weighted by molar-refractivity contribution is -0.134. The summed E-state index contributed by atoms with van der Waals surface area (Å²) in [5.41, 5.74) is 1.23. The maximum absolute atomic E-state index is 12.1. The second-order valence-electron chi connectivity index (χ2n) is 5.51. The van der Waals surface area contributed by atoms with E-state index >= 15 is 0 Å². The fourth-order valence-corrected chi connectivity index (χ4v) is 2.18. The summed E-state index contributed by atoms with van der Waals surface area (Å²) in [6.45, 7) is 3.59. The second-order valence-corrected chi connectivity index (χ2v) is 5.51. The molecule has 0 aromatic heterocycles. The summed E-state index contributed by atoms with van der Waals surface area (Å²) >= 11 is 0. The number of nitrogens with one attached hydrogen (secondary N) is 2. The molecule has 21 heavy (non-hydrogen) atoms. The molecule has 1 aromatic rings. The van der Waals surface area contributed by atoms with Gasteiger partial charge in [-0.3, -0.25) is 4.79 Å². The lowest BCUT2D eigenvalue weighted by atomic mass is 9.88. The molecule has 0 saturated carbocycles. The maximum atomic E-state index is 12.1. The molecule has 0 radical (unpaired) electrons. The number of alkyl halides is 3. The first-order chi connectivity index (χ1) is 9.85. The van der Waals surface area contributed by atoms with Crippen molar-refractivity contribution in [2.24, 2.45) is 11.8 Å². The molecule has 1 unspecified atom stereocenters. The molecular weight excluding hydrogens is 281 g/mol. The lowest BCUT2D eigenvalue weighted by Crippen LogP contribution is -2.48. The van der Waals surface area contributed by atoms with Crippen molar-refractivity contribution in [2.75, 3.05) is 18.4 Å². The van der Waals surface area contributed by atoms with E-state index < -0.39 is 12.6 Å². The molecule has 1 heterocycles. The van der Waals surface area contributed by atoms with E-state index in [9.17, 15) is 18.0 Å². The van der Waals surface area contributed by atoms with Gasteiger partial charge >= 0.3 is 6.18 Å². The first-order valence-corrected chi connectivity index (χ1v) is 7.02. The van der Waals surface area contributed by atoms with E-state index in [4.69, 9.17) is 0 Å². The van der Waals surface area contributed by atoms with Crippen LogP contribution in [0, 0.1) is 11.8 Å². The van der Waals surface area contributed by atoms with Gasteiger partial charge in [0, 0.05) is 18.0 Å². The van der Waals surface area contributed by atoms with Gasteiger partial charge in [0.2, 0.25) is 5.91 Å². The van der Waals surface area contributed by atoms with Crippen molar-refractivity contribution in [3.05, 3.63) is 29.8 Å². The highest BCUT2D eigenvalue weighted by Gasteiger charge is 2.29. The summed E-state index contributed by atoms with van der Waals surface area (Å²) in [6.07, 6.45) is -5.01. The standard InChI is InChI=1S/C15H19F3N2O/c1-10(12-8-19-9-12)14(21)20-13-4-2-11(3-5-13)6-7-15(16,17)18/h2-5,10,12,19H,6-9H2,1H3,(H,20,21). The molecule has 6 heteroatoms. The minimum Gasteiger partial charge on any atom is -0.326 e. The Balaban J connectivity index is 1.85. The van der Waals surface area contributed by atoms with Gasteiger partial charge in [0.05, 0.1) is 0 Å². The van der Waals surface area contributed by atoms with Gasteiger partial charge in [-0.1, -0.05) is 19.1 Å². The minimum absolute atomic E-state index is 0.0398. The van der Waals surface area contributed by atoms with Crippen LogP contribution in [0.15, 0.2) is 24.3 Å². The highest BCUT2D eigenvalue weighted by Crippen LogP contribution is 2.23. The first-order valence-electron chi connectivity index (χ1n) is 7.02. The average Bonchev–Trinajstić information content (AvgIpc) is 2.35. The summed E-state index contributed by atoms with van der Waals surface area (Å²) in [6, 6.07) is 6.54. The fourth-order valence-electron chi connectivity index (χ4n) is 2.18. The van der Waals surface area contributed by atoms with Crippen LogP contribution in [0.3, 0.4) is 0 Å². The van der Waals surface area contributed by atoms with E-state index in [0.29, 0.717) is 17.2 Å². The molecule has 2 rings (SSSR count). The van der Waals surface area contributed by atoms with Crippen LogP contribution in [0.1, 0.15) is 18.9 Å². The Kier molecular flexibility index (Phi) is 4.88. The Morgan fingerprint density at radius 3 is 2.43 bits per heavy atom. The predicted octanol–water partition coefficient (Wildman–Crippen LogP) is 2.98. The molecule has 116 valence electrons. The molecule has 2 N–H and O–H groups in total. The predicted molar refractivity (Wildman–Crippen MR) is 75.0 cm³/mol. The van der Waals surface area contributed by atoms with Crippen molar-refractivity contribution in [3.8, 4) is 0 Å². The normalized spacial score (nSPS) is 17.1. The molecule has 1 aromatic carbocycles. The van der Waals surface area contributed by atoms with E-state index in [1.54, 1.807) is 24.3 Å². The number of carbonyl (C=O) groups is 1. The first kappa shape index (κ1) is 15.8. The van der Waals surface area contributed by atoms with Gasteiger partial charge in [0.1, 0.15) is 0 Å². The smallest absolute Gasteiger partial charge is 0.326 e. The molecular formula is C15H19F3N2O. The summed E-state index contributed by atoms with van der Waals surface area (Å²) in [7, 11) is 0. The van der Waals surface area contributed by atoms with Crippen LogP contribution < -0.4 is 10.6 Å². The van der Waals surface area contributed by atoms with Crippen LogP contribution >= 0.6 is 0 Å². The number of anilines is 1. The SMILES string of the molecule is CC(C(=O)Nc1ccc(CCC(F)(F)F)cc1)C1CNC1. The van der Waals surface area contributed by atoms with Crippen molar-refractivity contribution in [2.45, 2.75) is 25.9 Å². The van der Waals surface area contributed by atoms with Crippen LogP contribution in [-0.2, 0) is 11.2 Å². The highest BCUT2D eigenvalue weighted by atomic mass is 19.4. The topological polar surface area (TPSA) is 41.1 Å². The van der Waals surface area contributed by atoms with Gasteiger partial charge in [0.25, 0.3) is 0 Å². The Morgan fingerprint density at radius 2 is 1.95 bits per heavy atom. The summed E-state index contributed by atoms with van der Waals surface area (Å²) in [5.74, 6) is 0.233. The van der Waals surface area contributed by atoms with Gasteiger partial charge in [0.15, 0.2) is 0 Å². The van der Waals surface area contributed by atoms with E-state index in [0.717, 1.165) is 13.1 Å². The summed E-state index contributed by atoms with van der Waals surface area (Å²) < 4.78 is 36.4. The number of benzene rings is 1. The van der Waals surface area contributed by atoms with Crippen LogP contribution in [-0.4, -0.2) is 25.2 Å². The Labute approximate surface area is 121 Å². The fraction of sp³-hybridized carbons (Fsp3) is 0.533. The third-order valence-electron chi connectivity index (χ3n) is 3.85. The number of carbonyl (C=O) groups excluding carboxylic acids is 1. The number of hydrogen-bond acceptors (Lipinski definition) is 2. The van der Waals surface area contributed by atoms with Gasteiger partial charge in [-0.2, -0.15) is 13.2 Å². The van der Waals surface area contributed by atoms with Crippen molar-refractivity contribution in [1.29, 1.82) is 0 Å². The minimum atomic E-state index is -4.14. The lowest BCUT2D eigenvalue weighted by Gasteiger charge is -2.31. The van der Waals surface area contributed by atoms with E-state index in [2.05, 4.69) is 10.6 Å². The molecule has 0 aliphatic carbocycles. The van der Waals surface area contributed by atoms with Crippen molar-refractivity contribution in [1.82, 2.24) is 5.32 Å². The van der Waals surface area contributed by atoms with Crippen LogP contribution in [0.25, 0.3) is 0 Å². The van der Waals surface area contributed by atoms with E-state index in [1.165, 1.54) is 0 Å². The van der Waals surface area contributed by atoms with Crippen molar-refractivity contribution >= 4 is 11.6 Å². The molecule has 1 amide bonds. The number of aryl methyl sites for hydroxylation is 1. The average molecular weight is 300 g/mol. The number of hydrogen-bond donors (Lipinski definition) is 2. The zero-order chi connectivity index (χ0) is 15.5.